The van der Waals surface area contributed by atoms with Crippen molar-refractivity contribution in [2.24, 2.45) is 5.92 Å². The van der Waals surface area contributed by atoms with E-state index in [0.29, 0.717) is 22.2 Å². The lowest BCUT2D eigenvalue weighted by Gasteiger charge is -2.15. The third-order valence-corrected chi connectivity index (χ3v) is 6.43. The maximum absolute atomic E-state index is 13.1. The third-order valence-electron chi connectivity index (χ3n) is 5.07. The minimum absolute atomic E-state index is 0.0431. The molecule has 9 heteroatoms. The third kappa shape index (κ3) is 5.38. The molecule has 1 heterocycles. The Labute approximate surface area is 192 Å². The molecular formula is C24H25N5O3S. The number of carbonyl (C=O) groups excluding carboxylic acids is 1. The molecule has 1 aromatic heterocycles. The number of benzene rings is 2. The van der Waals surface area contributed by atoms with E-state index in [2.05, 4.69) is 32.2 Å². The Balaban J connectivity index is 1.73. The van der Waals surface area contributed by atoms with Crippen molar-refractivity contribution in [3.8, 4) is 0 Å². The van der Waals surface area contributed by atoms with Gasteiger partial charge in [0.05, 0.1) is 15.6 Å². The van der Waals surface area contributed by atoms with Gasteiger partial charge in [0.2, 0.25) is 5.91 Å². The molecule has 4 rings (SSSR count). The van der Waals surface area contributed by atoms with E-state index < -0.39 is 10.0 Å². The van der Waals surface area contributed by atoms with Crippen LogP contribution in [0.4, 0.5) is 23.0 Å². The molecule has 0 aliphatic heterocycles. The number of hydrogen-bond donors (Lipinski definition) is 3. The molecule has 1 atom stereocenters. The second kappa shape index (κ2) is 9.03. The fourth-order valence-corrected chi connectivity index (χ4v) is 4.50. The highest BCUT2D eigenvalue weighted by molar-refractivity contribution is 7.92. The number of nitrogens with zero attached hydrogens (tertiary/aromatic N) is 2. The van der Waals surface area contributed by atoms with Crippen molar-refractivity contribution in [1.29, 1.82) is 0 Å². The van der Waals surface area contributed by atoms with Gasteiger partial charge in [0.25, 0.3) is 10.0 Å². The van der Waals surface area contributed by atoms with Crippen LogP contribution in [-0.4, -0.2) is 24.3 Å². The first kappa shape index (κ1) is 22.5. The maximum Gasteiger partial charge on any atom is 0.263 e. The predicted molar refractivity (Wildman–Crippen MR) is 130 cm³/mol. The van der Waals surface area contributed by atoms with Crippen molar-refractivity contribution in [2.75, 3.05) is 15.4 Å². The van der Waals surface area contributed by atoms with E-state index in [1.165, 1.54) is 31.2 Å². The number of hydrogen-bond acceptors (Lipinski definition) is 6. The molecule has 1 amide bonds. The first-order chi connectivity index (χ1) is 15.7. The highest BCUT2D eigenvalue weighted by Gasteiger charge is 2.19. The van der Waals surface area contributed by atoms with Gasteiger partial charge in [-0.25, -0.2) is 18.4 Å². The number of carbonyl (C=O) groups is 1. The van der Waals surface area contributed by atoms with Gasteiger partial charge in [-0.15, -0.1) is 0 Å². The Morgan fingerprint density at radius 3 is 2.42 bits per heavy atom. The van der Waals surface area contributed by atoms with Gasteiger partial charge in [-0.3, -0.25) is 9.52 Å². The van der Waals surface area contributed by atoms with Crippen LogP contribution in [0.2, 0.25) is 0 Å². The molecule has 1 aliphatic rings. The number of aromatic nitrogens is 2. The minimum Gasteiger partial charge on any atom is -0.337 e. The van der Waals surface area contributed by atoms with Crippen molar-refractivity contribution in [3.63, 3.8) is 0 Å². The van der Waals surface area contributed by atoms with Gasteiger partial charge in [-0.05, 0) is 61.2 Å². The summed E-state index contributed by atoms with van der Waals surface area (Å²) in [4.78, 5) is 20.5. The van der Waals surface area contributed by atoms with Crippen LogP contribution in [0.15, 0.2) is 53.4 Å². The Morgan fingerprint density at radius 1 is 1.00 bits per heavy atom. The van der Waals surface area contributed by atoms with E-state index in [9.17, 15) is 13.2 Å². The SMILES string of the molecule is CC(=O)Nc1ccc(S(=O)(=O)Nc2nc3c(nc2Nc2cccc(C)c2)=CCC(C)C=3)cc1. The molecule has 0 radical (unpaired) electrons. The van der Waals surface area contributed by atoms with E-state index in [-0.39, 0.29) is 22.5 Å². The summed E-state index contributed by atoms with van der Waals surface area (Å²) in [5.74, 6) is 0.479. The molecule has 170 valence electrons. The summed E-state index contributed by atoms with van der Waals surface area (Å²) in [6.07, 6.45) is 4.84. The second-order valence-electron chi connectivity index (χ2n) is 8.08. The molecule has 0 bridgehead atoms. The van der Waals surface area contributed by atoms with Crippen LogP contribution >= 0.6 is 0 Å². The van der Waals surface area contributed by atoms with Crippen LogP contribution in [0.25, 0.3) is 12.2 Å². The summed E-state index contributed by atoms with van der Waals surface area (Å²) >= 11 is 0. The van der Waals surface area contributed by atoms with Crippen molar-refractivity contribution < 1.29 is 13.2 Å². The molecule has 8 nitrogen and oxygen atoms in total. The normalized spacial score (nSPS) is 14.9. The Bertz CT molecular complexity index is 1430. The fourth-order valence-electron chi connectivity index (χ4n) is 3.49. The molecule has 0 spiro atoms. The van der Waals surface area contributed by atoms with E-state index in [0.717, 1.165) is 17.7 Å². The zero-order valence-electron chi connectivity index (χ0n) is 18.6. The quantitative estimate of drug-likeness (QED) is 0.518. The molecule has 3 aromatic rings. The number of amides is 1. The van der Waals surface area contributed by atoms with Crippen molar-refractivity contribution in [2.45, 2.75) is 32.1 Å². The van der Waals surface area contributed by atoms with Gasteiger partial charge in [-0.1, -0.05) is 31.2 Å². The Hall–Kier alpha value is -3.72. The maximum atomic E-state index is 13.1. The molecule has 0 fully saturated rings. The number of nitrogens with one attached hydrogen (secondary N) is 3. The van der Waals surface area contributed by atoms with Gasteiger partial charge in [-0.2, -0.15) is 0 Å². The Kier molecular flexibility index (Phi) is 6.15. The van der Waals surface area contributed by atoms with Crippen LogP contribution in [-0.2, 0) is 14.8 Å². The average Bonchev–Trinajstić information content (AvgIpc) is 2.74. The highest BCUT2D eigenvalue weighted by Crippen LogP contribution is 2.24. The zero-order chi connectivity index (χ0) is 23.6. The summed E-state index contributed by atoms with van der Waals surface area (Å²) in [5.41, 5.74) is 2.34. The van der Waals surface area contributed by atoms with E-state index in [1.807, 2.05) is 43.3 Å². The monoisotopic (exact) mass is 463 g/mol. The fraction of sp³-hybridized carbons (Fsp3) is 0.208. The topological polar surface area (TPSA) is 113 Å². The zero-order valence-corrected chi connectivity index (χ0v) is 19.4. The van der Waals surface area contributed by atoms with E-state index >= 15 is 0 Å². The highest BCUT2D eigenvalue weighted by atomic mass is 32.2. The lowest BCUT2D eigenvalue weighted by molar-refractivity contribution is -0.114. The second-order valence-corrected chi connectivity index (χ2v) is 9.76. The van der Waals surface area contributed by atoms with Crippen LogP contribution in [0.1, 0.15) is 25.8 Å². The standard InChI is InChI=1S/C24H25N5O3S/c1-15-5-4-6-19(13-15)26-23-24(28-22-14-16(2)7-12-21(22)27-23)29-33(31,32)20-10-8-18(9-11-20)25-17(3)30/h4-6,8-14,16H,7H2,1-3H3,(H,25,30)(H,26,27)(H,28,29). The molecule has 2 aromatic carbocycles. The van der Waals surface area contributed by atoms with Crippen LogP contribution in [0, 0.1) is 12.8 Å². The van der Waals surface area contributed by atoms with Gasteiger partial charge in [0, 0.05) is 18.3 Å². The summed E-state index contributed by atoms with van der Waals surface area (Å²) in [6.45, 7) is 5.43. The largest absolute Gasteiger partial charge is 0.337 e. The number of rotatable bonds is 6. The smallest absolute Gasteiger partial charge is 0.263 e. The lowest BCUT2D eigenvalue weighted by Crippen LogP contribution is -2.36. The summed E-state index contributed by atoms with van der Waals surface area (Å²) in [5, 5.41) is 7.17. The molecule has 1 aliphatic carbocycles. The van der Waals surface area contributed by atoms with Gasteiger partial charge >= 0.3 is 0 Å². The first-order valence-electron chi connectivity index (χ1n) is 10.5. The van der Waals surface area contributed by atoms with E-state index in [1.54, 1.807) is 0 Å². The molecule has 1 unspecified atom stereocenters. The first-order valence-corrected chi connectivity index (χ1v) is 12.0. The van der Waals surface area contributed by atoms with Crippen LogP contribution in [0.3, 0.4) is 0 Å². The number of fused-ring (bicyclic) bond motifs is 1. The molecule has 33 heavy (non-hydrogen) atoms. The lowest BCUT2D eigenvalue weighted by atomic mass is 10.0. The summed E-state index contributed by atoms with van der Waals surface area (Å²) in [6, 6.07) is 13.6. The number of sulfonamides is 1. The van der Waals surface area contributed by atoms with Crippen molar-refractivity contribution in [3.05, 3.63) is 64.8 Å². The minimum atomic E-state index is -3.95. The van der Waals surface area contributed by atoms with Gasteiger partial charge in [0.1, 0.15) is 0 Å². The molecular weight excluding hydrogens is 438 g/mol. The Morgan fingerprint density at radius 2 is 1.73 bits per heavy atom. The average molecular weight is 464 g/mol. The van der Waals surface area contributed by atoms with E-state index in [4.69, 9.17) is 0 Å². The van der Waals surface area contributed by atoms with Crippen molar-refractivity contribution >= 4 is 51.1 Å². The summed E-state index contributed by atoms with van der Waals surface area (Å²) in [7, 11) is -3.95. The van der Waals surface area contributed by atoms with Crippen LogP contribution < -0.4 is 26.1 Å². The summed E-state index contributed by atoms with van der Waals surface area (Å²) < 4.78 is 28.8. The predicted octanol–water partition coefficient (Wildman–Crippen LogP) is 2.89. The number of anilines is 4. The van der Waals surface area contributed by atoms with Crippen LogP contribution in [0.5, 0.6) is 0 Å². The van der Waals surface area contributed by atoms with Crippen molar-refractivity contribution in [1.82, 2.24) is 9.97 Å². The van der Waals surface area contributed by atoms with Gasteiger partial charge in [0.15, 0.2) is 11.6 Å². The molecule has 0 saturated heterocycles. The van der Waals surface area contributed by atoms with Gasteiger partial charge < -0.3 is 10.6 Å². The molecule has 3 N–H and O–H groups in total. The molecule has 0 saturated carbocycles. The number of aryl methyl sites for hydroxylation is 1.